The van der Waals surface area contributed by atoms with Crippen molar-refractivity contribution >= 4 is 32.6 Å². The SMILES string of the molecule is Cc1ccc2c(-c3[nH]c4c(ccc5ccccc54)c3CCCCN)cccc2n1. The zero-order chi connectivity index (χ0) is 19.8. The minimum absolute atomic E-state index is 0.734. The van der Waals surface area contributed by atoms with Crippen LogP contribution in [0.15, 0.2) is 66.7 Å². The zero-order valence-electron chi connectivity index (χ0n) is 16.7. The third-order valence-electron chi connectivity index (χ3n) is 5.83. The van der Waals surface area contributed by atoms with Crippen molar-refractivity contribution in [2.45, 2.75) is 26.2 Å². The molecule has 5 aromatic rings. The average Bonchev–Trinajstić information content (AvgIpc) is 3.12. The van der Waals surface area contributed by atoms with E-state index in [2.05, 4.69) is 71.7 Å². The molecule has 0 spiro atoms. The van der Waals surface area contributed by atoms with Gasteiger partial charge in [0.05, 0.1) is 16.7 Å². The Kier molecular flexibility index (Phi) is 4.53. The molecule has 0 aliphatic rings. The minimum Gasteiger partial charge on any atom is -0.354 e. The maximum atomic E-state index is 5.78. The van der Waals surface area contributed by atoms with Gasteiger partial charge in [-0.2, -0.15) is 0 Å². The molecule has 2 heterocycles. The Morgan fingerprint density at radius 3 is 2.59 bits per heavy atom. The van der Waals surface area contributed by atoms with Crippen LogP contribution < -0.4 is 5.73 Å². The van der Waals surface area contributed by atoms with Crippen LogP contribution in [0.25, 0.3) is 43.8 Å². The molecule has 3 heteroatoms. The molecule has 0 bridgehead atoms. The van der Waals surface area contributed by atoms with E-state index in [1.165, 1.54) is 43.9 Å². The predicted octanol–water partition coefficient (Wildman–Crippen LogP) is 6.13. The Hall–Kier alpha value is -3.17. The Labute approximate surface area is 170 Å². The first-order valence-corrected chi connectivity index (χ1v) is 10.4. The lowest BCUT2D eigenvalue weighted by molar-refractivity contribution is 0.748. The quantitative estimate of drug-likeness (QED) is 0.361. The van der Waals surface area contributed by atoms with E-state index < -0.39 is 0 Å². The van der Waals surface area contributed by atoms with Gasteiger partial charge in [0, 0.05) is 27.4 Å². The molecule has 144 valence electrons. The van der Waals surface area contributed by atoms with Crippen LogP contribution >= 0.6 is 0 Å². The van der Waals surface area contributed by atoms with E-state index in [0.717, 1.165) is 37.0 Å². The van der Waals surface area contributed by atoms with Crippen molar-refractivity contribution in [2.24, 2.45) is 5.73 Å². The standard InChI is InChI=1S/C26H25N3/c1-17-12-14-20-21(10-6-11-24(20)28-17)26-22(9-4-5-16-27)23-15-13-18-7-2-3-8-19(18)25(23)29-26/h2-3,6-8,10-15,29H,4-5,9,16,27H2,1H3. The van der Waals surface area contributed by atoms with Crippen molar-refractivity contribution < 1.29 is 0 Å². The fraction of sp³-hybridized carbons (Fsp3) is 0.192. The van der Waals surface area contributed by atoms with Crippen LogP contribution in [0.1, 0.15) is 24.1 Å². The second kappa shape index (κ2) is 7.34. The summed E-state index contributed by atoms with van der Waals surface area (Å²) in [5.74, 6) is 0. The molecule has 0 amide bonds. The van der Waals surface area contributed by atoms with Crippen molar-refractivity contribution in [3.63, 3.8) is 0 Å². The first-order chi connectivity index (χ1) is 14.3. The number of nitrogens with zero attached hydrogens (tertiary/aromatic N) is 1. The van der Waals surface area contributed by atoms with E-state index in [9.17, 15) is 0 Å². The lowest BCUT2D eigenvalue weighted by atomic mass is 9.97. The first kappa shape index (κ1) is 17.9. The normalized spacial score (nSPS) is 11.7. The van der Waals surface area contributed by atoms with Gasteiger partial charge in [0.2, 0.25) is 0 Å². The van der Waals surface area contributed by atoms with Crippen LogP contribution in [-0.2, 0) is 6.42 Å². The van der Waals surface area contributed by atoms with E-state index in [0.29, 0.717) is 0 Å². The number of nitrogens with two attached hydrogens (primary N) is 1. The number of hydrogen-bond donors (Lipinski definition) is 2. The van der Waals surface area contributed by atoms with Gasteiger partial charge in [0.15, 0.2) is 0 Å². The van der Waals surface area contributed by atoms with E-state index in [1.54, 1.807) is 0 Å². The molecule has 0 unspecified atom stereocenters. The number of unbranched alkanes of at least 4 members (excludes halogenated alkanes) is 1. The van der Waals surface area contributed by atoms with Crippen molar-refractivity contribution in [3.8, 4) is 11.3 Å². The van der Waals surface area contributed by atoms with Crippen LogP contribution in [0.5, 0.6) is 0 Å². The number of benzene rings is 3. The highest BCUT2D eigenvalue weighted by Crippen LogP contribution is 2.37. The van der Waals surface area contributed by atoms with Crippen molar-refractivity contribution in [1.82, 2.24) is 9.97 Å². The van der Waals surface area contributed by atoms with Gasteiger partial charge in [0.25, 0.3) is 0 Å². The largest absolute Gasteiger partial charge is 0.354 e. The molecule has 3 nitrogen and oxygen atoms in total. The van der Waals surface area contributed by atoms with E-state index in [-0.39, 0.29) is 0 Å². The number of fused-ring (bicyclic) bond motifs is 4. The molecule has 2 aromatic heterocycles. The molecule has 29 heavy (non-hydrogen) atoms. The smallest absolute Gasteiger partial charge is 0.0711 e. The van der Waals surface area contributed by atoms with Gasteiger partial charge < -0.3 is 10.7 Å². The van der Waals surface area contributed by atoms with Crippen molar-refractivity contribution in [3.05, 3.63) is 78.0 Å². The van der Waals surface area contributed by atoms with Gasteiger partial charge in [-0.3, -0.25) is 4.98 Å². The second-order valence-electron chi connectivity index (χ2n) is 7.76. The molecule has 0 aliphatic carbocycles. The summed E-state index contributed by atoms with van der Waals surface area (Å²) in [5.41, 5.74) is 12.9. The average molecular weight is 380 g/mol. The summed E-state index contributed by atoms with van der Waals surface area (Å²) in [7, 11) is 0. The number of aromatic nitrogens is 2. The Morgan fingerprint density at radius 2 is 1.69 bits per heavy atom. The molecule has 0 atom stereocenters. The molecule has 0 radical (unpaired) electrons. The fourth-order valence-corrected chi connectivity index (χ4v) is 4.40. The number of pyridine rings is 1. The number of aryl methyl sites for hydroxylation is 2. The molecule has 3 aromatic carbocycles. The summed E-state index contributed by atoms with van der Waals surface area (Å²) >= 11 is 0. The maximum Gasteiger partial charge on any atom is 0.0711 e. The Morgan fingerprint density at radius 1 is 0.828 bits per heavy atom. The second-order valence-corrected chi connectivity index (χ2v) is 7.76. The number of hydrogen-bond acceptors (Lipinski definition) is 2. The summed E-state index contributed by atoms with van der Waals surface area (Å²) in [6, 6.07) is 23.8. The lowest BCUT2D eigenvalue weighted by Gasteiger charge is -2.09. The topological polar surface area (TPSA) is 54.7 Å². The van der Waals surface area contributed by atoms with E-state index in [1.807, 2.05) is 6.92 Å². The van der Waals surface area contributed by atoms with E-state index in [4.69, 9.17) is 10.7 Å². The molecular formula is C26H25N3. The minimum atomic E-state index is 0.734. The predicted molar refractivity (Wildman–Crippen MR) is 123 cm³/mol. The Bertz CT molecular complexity index is 1330. The van der Waals surface area contributed by atoms with Gasteiger partial charge in [0.1, 0.15) is 0 Å². The highest BCUT2D eigenvalue weighted by atomic mass is 14.7. The van der Waals surface area contributed by atoms with Crippen molar-refractivity contribution in [1.29, 1.82) is 0 Å². The molecule has 3 N–H and O–H groups in total. The van der Waals surface area contributed by atoms with Crippen molar-refractivity contribution in [2.75, 3.05) is 6.54 Å². The summed E-state index contributed by atoms with van der Waals surface area (Å²) in [6.07, 6.45) is 3.14. The highest BCUT2D eigenvalue weighted by Gasteiger charge is 2.16. The number of H-pyrrole nitrogens is 1. The fourth-order valence-electron chi connectivity index (χ4n) is 4.40. The first-order valence-electron chi connectivity index (χ1n) is 10.4. The zero-order valence-corrected chi connectivity index (χ0v) is 16.7. The van der Waals surface area contributed by atoms with Crippen LogP contribution in [0.2, 0.25) is 0 Å². The van der Waals surface area contributed by atoms with Crippen LogP contribution in [-0.4, -0.2) is 16.5 Å². The number of aromatic amines is 1. The molecule has 0 saturated heterocycles. The molecular weight excluding hydrogens is 354 g/mol. The third kappa shape index (κ3) is 3.08. The molecule has 0 aliphatic heterocycles. The summed E-state index contributed by atoms with van der Waals surface area (Å²) in [6.45, 7) is 2.78. The summed E-state index contributed by atoms with van der Waals surface area (Å²) in [5, 5.41) is 5.03. The lowest BCUT2D eigenvalue weighted by Crippen LogP contribution is -1.99. The van der Waals surface area contributed by atoms with Gasteiger partial charge in [-0.25, -0.2) is 0 Å². The third-order valence-corrected chi connectivity index (χ3v) is 5.83. The summed E-state index contributed by atoms with van der Waals surface area (Å²) < 4.78 is 0. The molecule has 0 fully saturated rings. The highest BCUT2D eigenvalue weighted by molar-refractivity contribution is 6.10. The van der Waals surface area contributed by atoms with E-state index >= 15 is 0 Å². The Balaban J connectivity index is 1.80. The van der Waals surface area contributed by atoms with Gasteiger partial charge in [-0.15, -0.1) is 0 Å². The molecule has 0 saturated carbocycles. The van der Waals surface area contributed by atoms with Gasteiger partial charge in [-0.1, -0.05) is 54.6 Å². The van der Waals surface area contributed by atoms with Gasteiger partial charge in [-0.05, 0) is 55.8 Å². The molecule has 5 rings (SSSR count). The van der Waals surface area contributed by atoms with Crippen LogP contribution in [0.4, 0.5) is 0 Å². The monoisotopic (exact) mass is 379 g/mol. The van der Waals surface area contributed by atoms with Crippen LogP contribution in [0, 0.1) is 6.92 Å². The number of nitrogens with one attached hydrogen (secondary N) is 1. The number of rotatable bonds is 5. The maximum absolute atomic E-state index is 5.78. The van der Waals surface area contributed by atoms with Gasteiger partial charge >= 0.3 is 0 Å². The van der Waals surface area contributed by atoms with Crippen LogP contribution in [0.3, 0.4) is 0 Å². The summed E-state index contributed by atoms with van der Waals surface area (Å²) in [4.78, 5) is 8.54.